The van der Waals surface area contributed by atoms with E-state index in [9.17, 15) is 19.2 Å². The molecule has 4 rings (SSSR count). The molecule has 2 aromatic rings. The van der Waals surface area contributed by atoms with E-state index < -0.39 is 23.9 Å². The lowest BCUT2D eigenvalue weighted by molar-refractivity contribution is -0.149. The summed E-state index contributed by atoms with van der Waals surface area (Å²) in [7, 11) is 0. The Morgan fingerprint density at radius 1 is 0.542 bits per heavy atom. The number of benzene rings is 2. The van der Waals surface area contributed by atoms with Crippen LogP contribution in [0.1, 0.15) is 31.8 Å². The molecule has 2 heterocycles. The van der Waals surface area contributed by atoms with Crippen LogP contribution in [0.2, 0.25) is 0 Å². The van der Waals surface area contributed by atoms with E-state index in [2.05, 4.69) is 4.74 Å². The second-order valence-electron chi connectivity index (χ2n) is 5.20. The van der Waals surface area contributed by atoms with Gasteiger partial charge in [0.1, 0.15) is 0 Å². The first kappa shape index (κ1) is 14.1. The maximum atomic E-state index is 12.2. The summed E-state index contributed by atoms with van der Waals surface area (Å²) < 4.78 is 9.33. The van der Waals surface area contributed by atoms with E-state index in [-0.39, 0.29) is 27.8 Å². The van der Waals surface area contributed by atoms with Crippen LogP contribution in [-0.2, 0) is 19.1 Å². The largest absolute Gasteiger partial charge is 0.386 e. The minimum Gasteiger partial charge on any atom is -0.386 e. The van der Waals surface area contributed by atoms with Crippen LogP contribution in [0.25, 0.3) is 11.1 Å². The number of carbonyl (C=O) groups is 4. The molecule has 0 saturated carbocycles. The Bertz CT molecular complexity index is 968. The molecule has 0 aliphatic carbocycles. The topological polar surface area (TPSA) is 86.7 Å². The lowest BCUT2D eigenvalue weighted by Crippen LogP contribution is -2.05. The molecule has 6 nitrogen and oxygen atoms in total. The van der Waals surface area contributed by atoms with Crippen LogP contribution < -0.4 is 0 Å². The Labute approximate surface area is 135 Å². The van der Waals surface area contributed by atoms with Gasteiger partial charge in [0.2, 0.25) is 0 Å². The smallest absolute Gasteiger partial charge is 0.347 e. The van der Waals surface area contributed by atoms with Crippen molar-refractivity contribution in [1.82, 2.24) is 0 Å². The van der Waals surface area contributed by atoms with Gasteiger partial charge in [0.15, 0.2) is 0 Å². The van der Waals surface area contributed by atoms with E-state index in [0.29, 0.717) is 5.56 Å². The van der Waals surface area contributed by atoms with Gasteiger partial charge in [0, 0.05) is 5.56 Å². The van der Waals surface area contributed by atoms with Gasteiger partial charge in [-0.2, -0.15) is 0 Å². The molecule has 2 aromatic carbocycles. The summed E-state index contributed by atoms with van der Waals surface area (Å²) in [5.41, 5.74) is 0.676. The van der Waals surface area contributed by atoms with Crippen LogP contribution in [0.4, 0.5) is 0 Å². The Balaban J connectivity index is 2.03. The van der Waals surface area contributed by atoms with Crippen LogP contribution in [0.5, 0.6) is 0 Å². The van der Waals surface area contributed by atoms with Crippen molar-refractivity contribution in [2.75, 3.05) is 0 Å². The molecule has 0 unspecified atom stereocenters. The summed E-state index contributed by atoms with van der Waals surface area (Å²) in [6.45, 7) is 0. The highest BCUT2D eigenvalue weighted by molar-refractivity contribution is 6.45. The molecule has 0 bridgehead atoms. The Kier molecular flexibility index (Phi) is 2.93. The fraction of sp³-hybridized carbons (Fsp3) is 0. The lowest BCUT2D eigenvalue weighted by atomic mass is 9.91. The predicted molar refractivity (Wildman–Crippen MR) is 80.5 cm³/mol. The van der Waals surface area contributed by atoms with E-state index in [0.717, 1.165) is 0 Å². The number of ether oxygens (including phenoxy) is 2. The monoisotopic (exact) mass is 320 g/mol. The number of cyclic esters (lactones) is 4. The molecule has 0 aromatic heterocycles. The molecule has 0 atom stereocenters. The first-order chi connectivity index (χ1) is 11.6. The van der Waals surface area contributed by atoms with Gasteiger partial charge in [-0.05, 0) is 11.6 Å². The van der Waals surface area contributed by atoms with Gasteiger partial charge in [-0.25, -0.2) is 19.2 Å². The maximum absolute atomic E-state index is 12.2. The number of fused-ring (bicyclic) bond motifs is 1. The highest BCUT2D eigenvalue weighted by Crippen LogP contribution is 2.37. The van der Waals surface area contributed by atoms with Crippen LogP contribution in [0.15, 0.2) is 48.5 Å². The van der Waals surface area contributed by atoms with Gasteiger partial charge in [-0.1, -0.05) is 42.5 Å². The zero-order chi connectivity index (χ0) is 16.8. The number of carbonyl (C=O) groups excluding carboxylic acids is 4. The van der Waals surface area contributed by atoms with Gasteiger partial charge in [-0.3, -0.25) is 0 Å². The number of hydrogen-bond acceptors (Lipinski definition) is 6. The SMILES string of the molecule is O=C1OC(=O)C(c2cccc3c2C(=O)OC3=O)=C1c1ccccc1. The lowest BCUT2D eigenvalue weighted by Gasteiger charge is -2.06. The predicted octanol–water partition coefficient (Wildman–Crippen LogP) is 1.99. The summed E-state index contributed by atoms with van der Waals surface area (Å²) in [5.74, 6) is -3.29. The maximum Gasteiger partial charge on any atom is 0.347 e. The fourth-order valence-electron chi connectivity index (χ4n) is 2.84. The summed E-state index contributed by atoms with van der Waals surface area (Å²) in [6, 6.07) is 12.9. The summed E-state index contributed by atoms with van der Waals surface area (Å²) in [4.78, 5) is 48.0. The Morgan fingerprint density at radius 3 is 1.92 bits per heavy atom. The van der Waals surface area contributed by atoms with Crippen molar-refractivity contribution in [3.05, 3.63) is 70.8 Å². The third-order valence-corrected chi connectivity index (χ3v) is 3.85. The molecule has 0 amide bonds. The van der Waals surface area contributed by atoms with Crippen molar-refractivity contribution in [2.24, 2.45) is 0 Å². The van der Waals surface area contributed by atoms with Crippen molar-refractivity contribution in [3.8, 4) is 0 Å². The number of esters is 4. The van der Waals surface area contributed by atoms with Gasteiger partial charge in [-0.15, -0.1) is 0 Å². The van der Waals surface area contributed by atoms with Crippen LogP contribution in [0, 0.1) is 0 Å². The van der Waals surface area contributed by atoms with Gasteiger partial charge in [0.05, 0.1) is 22.3 Å². The molecule has 2 aliphatic heterocycles. The minimum absolute atomic E-state index is 0.0300. The quantitative estimate of drug-likeness (QED) is 0.621. The summed E-state index contributed by atoms with van der Waals surface area (Å²) in [6.07, 6.45) is 0. The molecule has 24 heavy (non-hydrogen) atoms. The minimum atomic E-state index is -0.862. The third kappa shape index (κ3) is 1.90. The highest BCUT2D eigenvalue weighted by atomic mass is 16.6. The first-order valence-corrected chi connectivity index (χ1v) is 7.04. The first-order valence-electron chi connectivity index (χ1n) is 7.04. The molecule has 0 radical (unpaired) electrons. The van der Waals surface area contributed by atoms with Crippen molar-refractivity contribution < 1.29 is 28.7 Å². The average Bonchev–Trinajstić information content (AvgIpc) is 3.04. The van der Waals surface area contributed by atoms with Crippen molar-refractivity contribution in [1.29, 1.82) is 0 Å². The van der Waals surface area contributed by atoms with Crippen LogP contribution in [-0.4, -0.2) is 23.9 Å². The Morgan fingerprint density at radius 2 is 1.17 bits per heavy atom. The Hall–Kier alpha value is -3.54. The zero-order valence-corrected chi connectivity index (χ0v) is 12.1. The molecule has 116 valence electrons. The van der Waals surface area contributed by atoms with E-state index in [1.165, 1.54) is 18.2 Å². The second kappa shape index (κ2) is 4.99. The van der Waals surface area contributed by atoms with Gasteiger partial charge >= 0.3 is 23.9 Å². The number of hydrogen-bond donors (Lipinski definition) is 0. The molecule has 0 N–H and O–H groups in total. The molecule has 0 fully saturated rings. The third-order valence-electron chi connectivity index (χ3n) is 3.85. The van der Waals surface area contributed by atoms with E-state index >= 15 is 0 Å². The summed E-state index contributed by atoms with van der Waals surface area (Å²) >= 11 is 0. The van der Waals surface area contributed by atoms with E-state index in [4.69, 9.17) is 4.74 Å². The van der Waals surface area contributed by atoms with Crippen molar-refractivity contribution >= 4 is 35.0 Å². The highest BCUT2D eigenvalue weighted by Gasteiger charge is 2.40. The van der Waals surface area contributed by atoms with Gasteiger partial charge in [0.25, 0.3) is 0 Å². The number of rotatable bonds is 2. The summed E-state index contributed by atoms with van der Waals surface area (Å²) in [5, 5.41) is 0. The molecule has 2 aliphatic rings. The molecule has 0 saturated heterocycles. The molecular weight excluding hydrogens is 312 g/mol. The van der Waals surface area contributed by atoms with Crippen molar-refractivity contribution in [3.63, 3.8) is 0 Å². The normalized spacial score (nSPS) is 16.3. The van der Waals surface area contributed by atoms with Crippen LogP contribution in [0.3, 0.4) is 0 Å². The van der Waals surface area contributed by atoms with Gasteiger partial charge < -0.3 is 9.47 Å². The zero-order valence-electron chi connectivity index (χ0n) is 12.1. The average molecular weight is 320 g/mol. The molecular formula is C18H8O6. The molecule has 0 spiro atoms. The molecule has 6 heteroatoms. The van der Waals surface area contributed by atoms with E-state index in [1.54, 1.807) is 30.3 Å². The van der Waals surface area contributed by atoms with Crippen LogP contribution >= 0.6 is 0 Å². The second-order valence-corrected chi connectivity index (χ2v) is 5.20. The fourth-order valence-corrected chi connectivity index (χ4v) is 2.84. The van der Waals surface area contributed by atoms with Crippen molar-refractivity contribution in [2.45, 2.75) is 0 Å². The standard InChI is InChI=1S/C18H8O6/c19-15-11-8-4-7-10(13(11)17(21)23-15)14-12(16(20)24-18(14)22)9-5-2-1-3-6-9/h1-8H. The van der Waals surface area contributed by atoms with E-state index in [1.807, 2.05) is 0 Å².